The van der Waals surface area contributed by atoms with Crippen LogP contribution in [0.3, 0.4) is 0 Å². The highest BCUT2D eigenvalue weighted by molar-refractivity contribution is 14.1. The lowest BCUT2D eigenvalue weighted by atomic mass is 9.95. The van der Waals surface area contributed by atoms with E-state index >= 15 is 0 Å². The Morgan fingerprint density at radius 2 is 1.38 bits per heavy atom. The van der Waals surface area contributed by atoms with Gasteiger partial charge in [-0.1, -0.05) is 58.0 Å². The smallest absolute Gasteiger partial charge is 0.335 e. The zero-order valence-electron chi connectivity index (χ0n) is 26.7. The maximum absolute atomic E-state index is 11.2. The first-order valence-electron chi connectivity index (χ1n) is 15.4. The summed E-state index contributed by atoms with van der Waals surface area (Å²) in [6.07, 6.45) is 2.68. The van der Waals surface area contributed by atoms with Crippen LogP contribution in [0.15, 0.2) is 57.4 Å². The number of carboxylic acid groups (broad SMARTS) is 1. The molecule has 0 aliphatic heterocycles. The summed E-state index contributed by atoms with van der Waals surface area (Å²) in [6.45, 7) is 10.5. The Bertz CT molecular complexity index is 1500. The molecule has 2 aromatic heterocycles. The summed E-state index contributed by atoms with van der Waals surface area (Å²) in [5, 5.41) is 9.17. The lowest BCUT2D eigenvalue weighted by Gasteiger charge is -2.29. The molecule has 1 unspecified atom stereocenters. The highest BCUT2D eigenvalue weighted by Crippen LogP contribution is 2.27. The number of hydrogen-bond acceptors (Lipinski definition) is 8. The Hall–Kier alpha value is -3.06. The zero-order chi connectivity index (χ0) is 32.3. The normalized spacial score (nSPS) is 17.0. The molecule has 1 N–H and O–H groups in total. The maximum Gasteiger partial charge on any atom is 0.335 e. The van der Waals surface area contributed by atoms with Crippen molar-refractivity contribution in [2.24, 2.45) is 0 Å². The van der Waals surface area contributed by atoms with Crippen LogP contribution in [-0.2, 0) is 30.0 Å². The molecule has 5 rings (SSSR count). The number of aliphatic carboxylic acids is 1. The SMILES string of the molecule is CCOC(CO[C@@H]1CCC[C@H](OCc2nc(-c3ccc(C)cc3)oc2C)C1)C(=O)O.Cc1ccc(-c2nc(CI)c(C)o2)cc1. The van der Waals surface area contributed by atoms with Crippen molar-refractivity contribution in [2.45, 2.75) is 89.6 Å². The highest BCUT2D eigenvalue weighted by atomic mass is 127. The minimum absolute atomic E-state index is 0.0208. The number of aromatic nitrogens is 2. The van der Waals surface area contributed by atoms with E-state index in [0.717, 1.165) is 70.0 Å². The largest absolute Gasteiger partial charge is 0.479 e. The third kappa shape index (κ3) is 10.2. The Morgan fingerprint density at radius 3 is 1.87 bits per heavy atom. The summed E-state index contributed by atoms with van der Waals surface area (Å²) in [6, 6.07) is 16.3. The van der Waals surface area contributed by atoms with E-state index in [9.17, 15) is 9.90 Å². The van der Waals surface area contributed by atoms with Crippen LogP contribution in [0.5, 0.6) is 0 Å². The summed E-state index contributed by atoms with van der Waals surface area (Å²) in [5.41, 5.74) is 6.26. The van der Waals surface area contributed by atoms with Crippen molar-refractivity contribution in [3.8, 4) is 22.9 Å². The molecule has 0 amide bonds. The molecular formula is C35H43IN2O7. The molecule has 1 aliphatic rings. The van der Waals surface area contributed by atoms with Gasteiger partial charge in [-0.3, -0.25) is 0 Å². The molecule has 0 bridgehead atoms. The van der Waals surface area contributed by atoms with Crippen LogP contribution in [0.1, 0.15) is 66.6 Å². The van der Waals surface area contributed by atoms with Crippen LogP contribution < -0.4 is 0 Å². The summed E-state index contributed by atoms with van der Waals surface area (Å²) in [4.78, 5) is 20.3. The molecule has 1 saturated carbocycles. The molecule has 9 nitrogen and oxygen atoms in total. The number of aryl methyl sites for hydroxylation is 4. The Morgan fingerprint density at radius 1 is 0.867 bits per heavy atom. The topological polar surface area (TPSA) is 117 Å². The van der Waals surface area contributed by atoms with Crippen molar-refractivity contribution >= 4 is 28.6 Å². The van der Waals surface area contributed by atoms with Crippen molar-refractivity contribution < 1.29 is 32.9 Å². The van der Waals surface area contributed by atoms with Crippen LogP contribution in [0.25, 0.3) is 22.9 Å². The average molecular weight is 731 g/mol. The lowest BCUT2D eigenvalue weighted by Crippen LogP contribution is -2.34. The molecule has 3 atom stereocenters. The number of halogens is 1. The fourth-order valence-corrected chi connectivity index (χ4v) is 5.68. The Labute approximate surface area is 278 Å². The van der Waals surface area contributed by atoms with Crippen molar-refractivity contribution in [1.82, 2.24) is 9.97 Å². The maximum atomic E-state index is 11.2. The molecule has 2 heterocycles. The Balaban J connectivity index is 0.000000256. The van der Waals surface area contributed by atoms with Gasteiger partial charge in [-0.2, -0.15) is 0 Å². The third-order valence-corrected chi connectivity index (χ3v) is 8.39. The van der Waals surface area contributed by atoms with Crippen LogP contribution >= 0.6 is 22.6 Å². The van der Waals surface area contributed by atoms with Crippen LogP contribution in [0.2, 0.25) is 0 Å². The molecule has 0 saturated heterocycles. The van der Waals surface area contributed by atoms with Crippen molar-refractivity contribution in [3.05, 3.63) is 82.6 Å². The number of ether oxygens (including phenoxy) is 3. The first-order chi connectivity index (χ1) is 21.7. The summed E-state index contributed by atoms with van der Waals surface area (Å²) in [7, 11) is 0. The van der Waals surface area contributed by atoms with E-state index in [4.69, 9.17) is 23.0 Å². The second-order valence-corrected chi connectivity index (χ2v) is 12.0. The number of nitrogens with zero attached hydrogens (tertiary/aromatic N) is 2. The average Bonchev–Trinajstić information content (AvgIpc) is 3.60. The van der Waals surface area contributed by atoms with Crippen LogP contribution in [-0.4, -0.2) is 52.6 Å². The second-order valence-electron chi connectivity index (χ2n) is 11.2. The van der Waals surface area contributed by atoms with Gasteiger partial charge in [-0.25, -0.2) is 14.8 Å². The summed E-state index contributed by atoms with van der Waals surface area (Å²) < 4.78 is 29.5. The van der Waals surface area contributed by atoms with Gasteiger partial charge in [0.25, 0.3) is 0 Å². The van der Waals surface area contributed by atoms with Gasteiger partial charge < -0.3 is 28.2 Å². The second kappa shape index (κ2) is 17.0. The van der Waals surface area contributed by atoms with Gasteiger partial charge in [-0.15, -0.1) is 0 Å². The predicted molar refractivity (Wildman–Crippen MR) is 180 cm³/mol. The molecule has 0 radical (unpaired) electrons. The number of carbonyl (C=O) groups is 1. The predicted octanol–water partition coefficient (Wildman–Crippen LogP) is 8.19. The van der Waals surface area contributed by atoms with Gasteiger partial charge in [0, 0.05) is 22.2 Å². The quantitative estimate of drug-likeness (QED) is 0.114. The molecule has 4 aromatic rings. The zero-order valence-corrected chi connectivity index (χ0v) is 28.8. The molecular weight excluding hydrogens is 687 g/mol. The monoisotopic (exact) mass is 730 g/mol. The standard InChI is InChI=1S/C23H31NO6.C12H12INO/c1-4-27-21(23(25)26)14-29-19-7-5-6-18(12-19)28-13-20-16(3)30-22(24-20)17-10-8-15(2)9-11-17;1-8-3-5-10(6-4-8)12-14-11(7-13)9(2)15-12/h8-11,18-19,21H,4-7,12-14H2,1-3H3,(H,25,26);3-6H,7H2,1-2H3/t18-,19+,21?;/m0./s1. The summed E-state index contributed by atoms with van der Waals surface area (Å²) in [5.74, 6) is 2.01. The van der Waals surface area contributed by atoms with E-state index in [1.54, 1.807) is 6.92 Å². The van der Waals surface area contributed by atoms with Gasteiger partial charge in [-0.05, 0) is 84.6 Å². The van der Waals surface area contributed by atoms with Crippen molar-refractivity contribution in [1.29, 1.82) is 0 Å². The molecule has 2 aromatic carbocycles. The third-order valence-electron chi connectivity index (χ3n) is 7.67. The van der Waals surface area contributed by atoms with E-state index in [1.165, 1.54) is 11.1 Å². The van der Waals surface area contributed by atoms with Gasteiger partial charge >= 0.3 is 5.97 Å². The number of oxazole rings is 2. The van der Waals surface area contributed by atoms with E-state index in [1.807, 2.05) is 57.2 Å². The van der Waals surface area contributed by atoms with Gasteiger partial charge in [0.15, 0.2) is 6.10 Å². The molecule has 45 heavy (non-hydrogen) atoms. The van der Waals surface area contributed by atoms with Crippen molar-refractivity contribution in [3.63, 3.8) is 0 Å². The molecule has 10 heteroatoms. The van der Waals surface area contributed by atoms with Gasteiger partial charge in [0.05, 0.1) is 31.1 Å². The molecule has 242 valence electrons. The number of hydrogen-bond donors (Lipinski definition) is 1. The molecule has 1 aliphatic carbocycles. The first kappa shape index (κ1) is 34.8. The number of rotatable bonds is 12. The van der Waals surface area contributed by atoms with Crippen molar-refractivity contribution in [2.75, 3.05) is 13.2 Å². The van der Waals surface area contributed by atoms with E-state index in [0.29, 0.717) is 19.1 Å². The number of carboxylic acids is 1. The number of benzene rings is 2. The van der Waals surface area contributed by atoms with E-state index in [-0.39, 0.29) is 18.8 Å². The molecule has 0 spiro atoms. The van der Waals surface area contributed by atoms with E-state index < -0.39 is 12.1 Å². The lowest BCUT2D eigenvalue weighted by molar-refractivity contribution is -0.157. The molecule has 1 fully saturated rings. The number of alkyl halides is 1. The van der Waals surface area contributed by atoms with E-state index in [2.05, 4.69) is 51.6 Å². The van der Waals surface area contributed by atoms with Gasteiger partial charge in [0.2, 0.25) is 11.8 Å². The fraction of sp³-hybridized carbons (Fsp3) is 0.457. The minimum Gasteiger partial charge on any atom is -0.479 e. The highest BCUT2D eigenvalue weighted by Gasteiger charge is 2.26. The minimum atomic E-state index is -0.994. The van der Waals surface area contributed by atoms with Crippen LogP contribution in [0, 0.1) is 27.7 Å². The summed E-state index contributed by atoms with van der Waals surface area (Å²) >= 11 is 2.29. The fourth-order valence-electron chi connectivity index (χ4n) is 4.97. The van der Waals surface area contributed by atoms with Crippen LogP contribution in [0.4, 0.5) is 0 Å². The first-order valence-corrected chi connectivity index (χ1v) is 16.9. The van der Waals surface area contributed by atoms with Gasteiger partial charge in [0.1, 0.15) is 17.2 Å². The Kier molecular flexibility index (Phi) is 13.2.